The maximum Gasteiger partial charge on any atom is 0.240 e. The Bertz CT molecular complexity index is 673. The molecular formula is C12H18N2O5S2. The van der Waals surface area contributed by atoms with Crippen LogP contribution in [0.5, 0.6) is 0 Å². The van der Waals surface area contributed by atoms with Gasteiger partial charge < -0.3 is 10.4 Å². The lowest BCUT2D eigenvalue weighted by Crippen LogP contribution is -2.42. The molecule has 1 saturated heterocycles. The minimum absolute atomic E-state index is 0.112. The van der Waals surface area contributed by atoms with Crippen molar-refractivity contribution >= 4 is 19.9 Å². The number of sulfonamides is 1. The number of benzene rings is 1. The molecular weight excluding hydrogens is 316 g/mol. The number of hydrogen-bond acceptors (Lipinski definition) is 6. The number of nitrogens with one attached hydrogen (secondary N) is 2. The largest absolute Gasteiger partial charge is 0.390 e. The summed E-state index contributed by atoms with van der Waals surface area (Å²) in [7, 11) is -6.77. The summed E-state index contributed by atoms with van der Waals surface area (Å²) in [6.07, 6.45) is -0.944. The molecule has 0 radical (unpaired) electrons. The molecule has 9 heteroatoms. The van der Waals surface area contributed by atoms with E-state index in [2.05, 4.69) is 10.0 Å². The maximum atomic E-state index is 11.9. The van der Waals surface area contributed by atoms with Crippen molar-refractivity contribution in [2.45, 2.75) is 17.0 Å². The molecule has 0 saturated carbocycles. The Kier molecular flexibility index (Phi) is 4.99. The summed E-state index contributed by atoms with van der Waals surface area (Å²) in [6.45, 7) is 0.351. The molecule has 1 aromatic carbocycles. The lowest BCUT2D eigenvalue weighted by molar-refractivity contribution is 0.166. The molecule has 0 bridgehead atoms. The molecule has 118 valence electrons. The van der Waals surface area contributed by atoms with E-state index in [0.717, 1.165) is 0 Å². The first-order valence-electron chi connectivity index (χ1n) is 6.47. The fourth-order valence-electron chi connectivity index (χ4n) is 2.15. The van der Waals surface area contributed by atoms with Crippen LogP contribution in [-0.4, -0.2) is 58.7 Å². The van der Waals surface area contributed by atoms with E-state index < -0.39 is 32.0 Å². The van der Waals surface area contributed by atoms with E-state index in [1.54, 1.807) is 18.2 Å². The fraction of sp³-hybridized carbons (Fsp3) is 0.500. The van der Waals surface area contributed by atoms with Crippen molar-refractivity contribution in [2.24, 2.45) is 0 Å². The summed E-state index contributed by atoms with van der Waals surface area (Å²) in [5.74, 6) is -0.375. The molecule has 3 N–H and O–H groups in total. The smallest absolute Gasteiger partial charge is 0.240 e. The van der Waals surface area contributed by atoms with Crippen molar-refractivity contribution in [2.75, 3.05) is 24.6 Å². The van der Waals surface area contributed by atoms with Crippen molar-refractivity contribution in [3.8, 4) is 0 Å². The standard InChI is InChI=1S/C12H18N2O5S2/c15-12-9-20(16,17)8-11(12)13-6-7-14-21(18,19)10-4-2-1-3-5-10/h1-5,11-15H,6-9H2/t11-,12-/m1/s1. The Morgan fingerprint density at radius 2 is 1.81 bits per heavy atom. The van der Waals surface area contributed by atoms with E-state index in [1.807, 2.05) is 0 Å². The second-order valence-electron chi connectivity index (χ2n) is 4.92. The minimum Gasteiger partial charge on any atom is -0.390 e. The van der Waals surface area contributed by atoms with Gasteiger partial charge in [-0.1, -0.05) is 18.2 Å². The van der Waals surface area contributed by atoms with Crippen molar-refractivity contribution in [3.05, 3.63) is 30.3 Å². The van der Waals surface area contributed by atoms with E-state index >= 15 is 0 Å². The van der Waals surface area contributed by atoms with Gasteiger partial charge in [0.15, 0.2) is 9.84 Å². The van der Waals surface area contributed by atoms with Gasteiger partial charge in [0.05, 0.1) is 22.5 Å². The Balaban J connectivity index is 1.80. The second kappa shape index (κ2) is 6.41. The molecule has 0 unspecified atom stereocenters. The van der Waals surface area contributed by atoms with E-state index in [0.29, 0.717) is 0 Å². The molecule has 0 aliphatic carbocycles. The van der Waals surface area contributed by atoms with Crippen LogP contribution in [0.15, 0.2) is 35.2 Å². The van der Waals surface area contributed by atoms with Crippen molar-refractivity contribution in [3.63, 3.8) is 0 Å². The average molecular weight is 334 g/mol. The first-order chi connectivity index (χ1) is 9.80. The van der Waals surface area contributed by atoms with Gasteiger partial charge in [-0.2, -0.15) is 0 Å². The number of rotatable bonds is 6. The van der Waals surface area contributed by atoms with Crippen LogP contribution < -0.4 is 10.0 Å². The van der Waals surface area contributed by atoms with Crippen molar-refractivity contribution in [1.82, 2.24) is 10.0 Å². The summed E-state index contributed by atoms with van der Waals surface area (Å²) in [5, 5.41) is 12.4. The molecule has 1 aliphatic rings. The molecule has 2 atom stereocenters. The van der Waals surface area contributed by atoms with Gasteiger partial charge in [0.25, 0.3) is 0 Å². The lowest BCUT2D eigenvalue weighted by Gasteiger charge is -2.15. The van der Waals surface area contributed by atoms with Crippen LogP contribution in [0.25, 0.3) is 0 Å². The van der Waals surface area contributed by atoms with Gasteiger partial charge in [-0.25, -0.2) is 21.6 Å². The normalized spacial score (nSPS) is 25.0. The van der Waals surface area contributed by atoms with Crippen LogP contribution in [0.1, 0.15) is 0 Å². The molecule has 0 spiro atoms. The lowest BCUT2D eigenvalue weighted by atomic mass is 10.2. The first-order valence-corrected chi connectivity index (χ1v) is 9.77. The fourth-order valence-corrected chi connectivity index (χ4v) is 4.98. The third kappa shape index (κ3) is 4.48. The predicted molar refractivity (Wildman–Crippen MR) is 78.1 cm³/mol. The zero-order chi connectivity index (χ0) is 15.5. The highest BCUT2D eigenvalue weighted by Gasteiger charge is 2.35. The van der Waals surface area contributed by atoms with Crippen molar-refractivity contribution in [1.29, 1.82) is 0 Å². The number of hydrogen-bond donors (Lipinski definition) is 3. The monoisotopic (exact) mass is 334 g/mol. The molecule has 1 aliphatic heterocycles. The quantitative estimate of drug-likeness (QED) is 0.558. The zero-order valence-electron chi connectivity index (χ0n) is 11.3. The number of aliphatic hydroxyl groups excluding tert-OH is 1. The van der Waals surface area contributed by atoms with Crippen LogP contribution in [0, 0.1) is 0 Å². The Morgan fingerprint density at radius 3 is 2.38 bits per heavy atom. The molecule has 2 rings (SSSR count). The average Bonchev–Trinajstić information content (AvgIpc) is 2.68. The first kappa shape index (κ1) is 16.4. The molecule has 1 heterocycles. The maximum absolute atomic E-state index is 11.9. The van der Waals surface area contributed by atoms with Crippen molar-refractivity contribution < 1.29 is 21.9 Å². The van der Waals surface area contributed by atoms with E-state index in [4.69, 9.17) is 0 Å². The summed E-state index contributed by atoms with van der Waals surface area (Å²) in [5.41, 5.74) is 0. The zero-order valence-corrected chi connectivity index (χ0v) is 12.9. The van der Waals surface area contributed by atoms with Crippen LogP contribution in [0.4, 0.5) is 0 Å². The van der Waals surface area contributed by atoms with E-state index in [1.165, 1.54) is 12.1 Å². The summed E-state index contributed by atoms with van der Waals surface area (Å²) in [4.78, 5) is 0.175. The SMILES string of the molecule is O=S1(=O)C[C@@H](O)[C@H](NCCNS(=O)(=O)c2ccccc2)C1. The molecule has 1 aromatic rings. The summed E-state index contributed by atoms with van der Waals surface area (Å²) >= 11 is 0. The van der Waals surface area contributed by atoms with Crippen LogP contribution in [-0.2, 0) is 19.9 Å². The third-order valence-corrected chi connectivity index (χ3v) is 6.39. The predicted octanol–water partition coefficient (Wildman–Crippen LogP) is -1.29. The van der Waals surface area contributed by atoms with E-state index in [9.17, 15) is 21.9 Å². The topological polar surface area (TPSA) is 113 Å². The summed E-state index contributed by atoms with van der Waals surface area (Å²) < 4.78 is 48.9. The highest BCUT2D eigenvalue weighted by atomic mass is 32.2. The van der Waals surface area contributed by atoms with Gasteiger partial charge >= 0.3 is 0 Å². The number of aliphatic hydroxyl groups is 1. The van der Waals surface area contributed by atoms with Gasteiger partial charge in [0.1, 0.15) is 0 Å². The van der Waals surface area contributed by atoms with Gasteiger partial charge in [0, 0.05) is 19.1 Å². The van der Waals surface area contributed by atoms with Gasteiger partial charge in [-0.15, -0.1) is 0 Å². The van der Waals surface area contributed by atoms with Gasteiger partial charge in [0.2, 0.25) is 10.0 Å². The second-order valence-corrected chi connectivity index (χ2v) is 8.84. The van der Waals surface area contributed by atoms with Gasteiger partial charge in [-0.3, -0.25) is 0 Å². The van der Waals surface area contributed by atoms with Crippen LogP contribution in [0.2, 0.25) is 0 Å². The highest BCUT2D eigenvalue weighted by molar-refractivity contribution is 7.91. The number of sulfone groups is 1. The summed E-state index contributed by atoms with van der Waals surface area (Å²) in [6, 6.07) is 7.42. The molecule has 0 amide bonds. The molecule has 21 heavy (non-hydrogen) atoms. The highest BCUT2D eigenvalue weighted by Crippen LogP contribution is 2.12. The Hall–Kier alpha value is -1.00. The Morgan fingerprint density at radius 1 is 1.14 bits per heavy atom. The molecule has 0 aromatic heterocycles. The molecule has 1 fully saturated rings. The Labute approximate surface area is 124 Å². The van der Waals surface area contributed by atoms with Gasteiger partial charge in [-0.05, 0) is 12.1 Å². The molecule has 7 nitrogen and oxygen atoms in total. The van der Waals surface area contributed by atoms with Crippen LogP contribution >= 0.6 is 0 Å². The third-order valence-electron chi connectivity index (χ3n) is 3.20. The minimum atomic E-state index is -3.56. The van der Waals surface area contributed by atoms with E-state index in [-0.39, 0.29) is 29.5 Å². The van der Waals surface area contributed by atoms with Crippen LogP contribution in [0.3, 0.4) is 0 Å².